The Morgan fingerprint density at radius 1 is 1.46 bits per heavy atom. The summed E-state index contributed by atoms with van der Waals surface area (Å²) in [4.78, 5) is 24.4. The van der Waals surface area contributed by atoms with E-state index in [9.17, 15) is 14.7 Å². The lowest BCUT2D eigenvalue weighted by molar-refractivity contribution is 0.0490. The van der Waals surface area contributed by atoms with Crippen LogP contribution in [0.2, 0.25) is 0 Å². The van der Waals surface area contributed by atoms with Crippen LogP contribution in [-0.2, 0) is 11.2 Å². The number of aliphatic hydroxyl groups is 1. The maximum absolute atomic E-state index is 12.5. The highest BCUT2D eigenvalue weighted by Crippen LogP contribution is 2.28. The molecule has 0 radical (unpaired) electrons. The molecular formula is C18H20O6. The van der Waals surface area contributed by atoms with Crippen LogP contribution in [0.15, 0.2) is 40.1 Å². The summed E-state index contributed by atoms with van der Waals surface area (Å²) >= 11 is 0. The average Bonchev–Trinajstić information content (AvgIpc) is 2.54. The van der Waals surface area contributed by atoms with Crippen molar-refractivity contribution in [2.75, 3.05) is 13.2 Å². The maximum atomic E-state index is 12.5. The molecule has 0 aliphatic heterocycles. The molecule has 0 saturated carbocycles. The second-order valence-electron chi connectivity index (χ2n) is 5.28. The monoisotopic (exact) mass is 332 g/mol. The summed E-state index contributed by atoms with van der Waals surface area (Å²) < 4.78 is 16.0. The van der Waals surface area contributed by atoms with Crippen LogP contribution in [0.25, 0.3) is 11.0 Å². The molecule has 1 atom stereocenters. The molecule has 1 aromatic heterocycles. The van der Waals surface area contributed by atoms with Crippen molar-refractivity contribution in [1.29, 1.82) is 0 Å². The molecule has 24 heavy (non-hydrogen) atoms. The molecule has 0 aliphatic carbocycles. The second-order valence-corrected chi connectivity index (χ2v) is 5.28. The molecule has 2 aromatic rings. The molecule has 2 rings (SSSR count). The van der Waals surface area contributed by atoms with Gasteiger partial charge in [-0.05, 0) is 31.9 Å². The molecule has 0 bridgehead atoms. The van der Waals surface area contributed by atoms with Crippen LogP contribution < -0.4 is 10.2 Å². The van der Waals surface area contributed by atoms with E-state index in [1.807, 2.05) is 0 Å². The summed E-state index contributed by atoms with van der Waals surface area (Å²) in [6, 6.07) is 4.47. The van der Waals surface area contributed by atoms with Gasteiger partial charge in [0.1, 0.15) is 23.3 Å². The zero-order valence-corrected chi connectivity index (χ0v) is 13.7. The van der Waals surface area contributed by atoms with Gasteiger partial charge in [0.25, 0.3) is 0 Å². The molecule has 0 amide bonds. The summed E-state index contributed by atoms with van der Waals surface area (Å²) in [5, 5.41) is 9.59. The lowest BCUT2D eigenvalue weighted by Gasteiger charge is -2.12. The van der Waals surface area contributed by atoms with Gasteiger partial charge in [0, 0.05) is 6.07 Å². The largest absolute Gasteiger partial charge is 0.490 e. The van der Waals surface area contributed by atoms with Crippen molar-refractivity contribution in [3.63, 3.8) is 0 Å². The zero-order valence-electron chi connectivity index (χ0n) is 13.7. The molecule has 1 unspecified atom stereocenters. The van der Waals surface area contributed by atoms with Crippen molar-refractivity contribution in [3.8, 4) is 5.75 Å². The second kappa shape index (κ2) is 7.79. The molecule has 6 heteroatoms. The minimum absolute atomic E-state index is 0.0367. The van der Waals surface area contributed by atoms with E-state index in [2.05, 4.69) is 6.58 Å². The van der Waals surface area contributed by atoms with Crippen molar-refractivity contribution in [2.45, 2.75) is 26.4 Å². The van der Waals surface area contributed by atoms with Gasteiger partial charge in [0.2, 0.25) is 5.76 Å². The minimum Gasteiger partial charge on any atom is -0.490 e. The van der Waals surface area contributed by atoms with E-state index in [4.69, 9.17) is 13.9 Å². The van der Waals surface area contributed by atoms with E-state index in [0.29, 0.717) is 17.7 Å². The van der Waals surface area contributed by atoms with Crippen molar-refractivity contribution in [1.82, 2.24) is 0 Å². The van der Waals surface area contributed by atoms with E-state index in [-0.39, 0.29) is 29.9 Å². The van der Waals surface area contributed by atoms with Crippen LogP contribution in [0.4, 0.5) is 0 Å². The number of fused-ring (bicyclic) bond motifs is 1. The van der Waals surface area contributed by atoms with Gasteiger partial charge in [-0.3, -0.25) is 4.79 Å². The third kappa shape index (κ3) is 3.83. The number of esters is 1. The molecule has 128 valence electrons. The number of hydrogen-bond acceptors (Lipinski definition) is 6. The normalized spacial score (nSPS) is 12.0. The predicted octanol–water partition coefficient (Wildman–Crippen LogP) is 2.46. The van der Waals surface area contributed by atoms with Crippen molar-refractivity contribution in [2.24, 2.45) is 0 Å². The summed E-state index contributed by atoms with van der Waals surface area (Å²) in [5.74, 6) is -0.563. The SMILES string of the molecule is C=CCc1ccc(OCC(C)O)c2c(=O)cc(C(=O)OCC)oc12. The van der Waals surface area contributed by atoms with E-state index >= 15 is 0 Å². The van der Waals surface area contributed by atoms with Gasteiger partial charge in [-0.2, -0.15) is 0 Å². The number of carbonyl (C=O) groups excluding carboxylic acids is 1. The Kier molecular flexibility index (Phi) is 5.76. The van der Waals surface area contributed by atoms with Crippen molar-refractivity contribution >= 4 is 16.9 Å². The molecule has 0 saturated heterocycles. The number of allylic oxidation sites excluding steroid dienone is 1. The molecule has 0 fully saturated rings. The van der Waals surface area contributed by atoms with Crippen LogP contribution >= 0.6 is 0 Å². The van der Waals surface area contributed by atoms with Crippen LogP contribution in [0.5, 0.6) is 5.75 Å². The molecular weight excluding hydrogens is 312 g/mol. The quantitative estimate of drug-likeness (QED) is 0.619. The van der Waals surface area contributed by atoms with Crippen molar-refractivity contribution in [3.05, 3.63) is 52.4 Å². The highest BCUT2D eigenvalue weighted by Gasteiger charge is 2.18. The Balaban J connectivity index is 2.64. The van der Waals surface area contributed by atoms with Crippen LogP contribution in [-0.4, -0.2) is 30.4 Å². The Morgan fingerprint density at radius 2 is 2.21 bits per heavy atom. The molecule has 1 aromatic carbocycles. The highest BCUT2D eigenvalue weighted by atomic mass is 16.5. The van der Waals surface area contributed by atoms with E-state index in [1.165, 1.54) is 0 Å². The summed E-state index contributed by atoms with van der Waals surface area (Å²) in [6.45, 7) is 7.14. The number of hydrogen-bond donors (Lipinski definition) is 1. The fraction of sp³-hybridized carbons (Fsp3) is 0.333. The van der Waals surface area contributed by atoms with Crippen LogP contribution in [0.3, 0.4) is 0 Å². The number of ether oxygens (including phenoxy) is 2. The Morgan fingerprint density at radius 3 is 2.83 bits per heavy atom. The molecule has 0 aliphatic rings. The van der Waals surface area contributed by atoms with Gasteiger partial charge in [-0.25, -0.2) is 4.79 Å². The fourth-order valence-corrected chi connectivity index (χ4v) is 2.24. The fourth-order valence-electron chi connectivity index (χ4n) is 2.24. The van der Waals surface area contributed by atoms with E-state index < -0.39 is 17.5 Å². The third-order valence-electron chi connectivity index (χ3n) is 3.24. The smallest absolute Gasteiger partial charge is 0.374 e. The number of rotatable bonds is 7. The first-order valence-electron chi connectivity index (χ1n) is 7.66. The van der Waals surface area contributed by atoms with Crippen LogP contribution in [0, 0.1) is 0 Å². The van der Waals surface area contributed by atoms with Gasteiger partial charge >= 0.3 is 5.97 Å². The van der Waals surface area contributed by atoms with Crippen LogP contribution in [0.1, 0.15) is 30.0 Å². The van der Waals surface area contributed by atoms with Gasteiger partial charge in [-0.15, -0.1) is 6.58 Å². The topological polar surface area (TPSA) is 86.0 Å². The maximum Gasteiger partial charge on any atom is 0.374 e. The van der Waals surface area contributed by atoms with Crippen molar-refractivity contribution < 1.29 is 23.8 Å². The molecule has 0 spiro atoms. The number of aliphatic hydroxyl groups excluding tert-OH is 1. The van der Waals surface area contributed by atoms with Gasteiger partial charge < -0.3 is 19.0 Å². The first-order valence-corrected chi connectivity index (χ1v) is 7.66. The molecule has 6 nitrogen and oxygen atoms in total. The Labute approximate surface area is 139 Å². The zero-order chi connectivity index (χ0) is 17.7. The predicted molar refractivity (Wildman–Crippen MR) is 89.5 cm³/mol. The summed E-state index contributed by atoms with van der Waals surface area (Å²) in [7, 11) is 0. The standard InChI is InChI=1S/C18H20O6/c1-4-6-12-7-8-14(23-10-11(3)19)16-13(20)9-15(24-17(12)16)18(21)22-5-2/h4,7-9,11,19H,1,5-6,10H2,2-3H3. The molecule has 1 N–H and O–H groups in total. The highest BCUT2D eigenvalue weighted by molar-refractivity contribution is 5.91. The average molecular weight is 332 g/mol. The first-order chi connectivity index (χ1) is 11.5. The van der Waals surface area contributed by atoms with Gasteiger partial charge in [-0.1, -0.05) is 12.1 Å². The van der Waals surface area contributed by atoms with E-state index in [1.54, 1.807) is 32.1 Å². The minimum atomic E-state index is -0.698. The molecule has 1 heterocycles. The van der Waals surface area contributed by atoms with E-state index in [0.717, 1.165) is 6.07 Å². The summed E-state index contributed by atoms with van der Waals surface area (Å²) in [5.41, 5.74) is 0.548. The Bertz CT molecular complexity index is 803. The third-order valence-corrected chi connectivity index (χ3v) is 3.24. The summed E-state index contributed by atoms with van der Waals surface area (Å²) in [6.07, 6.45) is 1.45. The lowest BCUT2D eigenvalue weighted by atomic mass is 10.1. The van der Waals surface area contributed by atoms with Gasteiger partial charge in [0.15, 0.2) is 5.43 Å². The number of benzene rings is 1. The number of carbonyl (C=O) groups is 1. The first kappa shape index (κ1) is 17.7. The lowest BCUT2D eigenvalue weighted by Crippen LogP contribution is -2.15. The Hall–Kier alpha value is -2.60. The van der Waals surface area contributed by atoms with Gasteiger partial charge in [0.05, 0.1) is 12.7 Å².